The molecule has 0 saturated carbocycles. The Balaban J connectivity index is 3.09. The Morgan fingerprint density at radius 2 is 2.00 bits per heavy atom. The van der Waals surface area contributed by atoms with Crippen molar-refractivity contribution in [2.45, 2.75) is 44.7 Å². The van der Waals surface area contributed by atoms with Gasteiger partial charge < -0.3 is 10.8 Å². The van der Waals surface area contributed by atoms with E-state index in [2.05, 4.69) is 0 Å². The van der Waals surface area contributed by atoms with Crippen LogP contribution in [0, 0.1) is 0 Å². The summed E-state index contributed by atoms with van der Waals surface area (Å²) in [7, 11) is 0. The van der Waals surface area contributed by atoms with Crippen LogP contribution < -0.4 is 5.73 Å². The van der Waals surface area contributed by atoms with Crippen LogP contribution in [0.5, 0.6) is 0 Å². The van der Waals surface area contributed by atoms with Crippen molar-refractivity contribution in [1.82, 2.24) is 0 Å². The van der Waals surface area contributed by atoms with Gasteiger partial charge in [-0.05, 0) is 30.2 Å². The highest BCUT2D eigenvalue weighted by atomic mass is 19.4. The van der Waals surface area contributed by atoms with Gasteiger partial charge in [0.05, 0.1) is 11.5 Å². The molecule has 3 nitrogen and oxygen atoms in total. The van der Waals surface area contributed by atoms with Crippen molar-refractivity contribution in [3.8, 4) is 0 Å². The lowest BCUT2D eigenvalue weighted by Crippen LogP contribution is -2.15. The Kier molecular flexibility index (Phi) is 5.42. The van der Waals surface area contributed by atoms with E-state index in [9.17, 15) is 23.1 Å². The van der Waals surface area contributed by atoms with Crippen LogP contribution >= 0.6 is 0 Å². The number of carbonyl (C=O) groups is 1. The molecule has 1 unspecified atom stereocenters. The Morgan fingerprint density at radius 1 is 1.35 bits per heavy atom. The topological polar surface area (TPSA) is 63.3 Å². The minimum atomic E-state index is -4.51. The maximum absolute atomic E-state index is 12.7. The van der Waals surface area contributed by atoms with Crippen molar-refractivity contribution < 1.29 is 23.1 Å². The van der Waals surface area contributed by atoms with Crippen LogP contribution in [0.25, 0.3) is 0 Å². The first-order valence-electron chi connectivity index (χ1n) is 6.46. The molecule has 20 heavy (non-hydrogen) atoms. The standard InChI is InChI=1S/C14H18F3NO2/c1-2-3-4-5-10(13(19)20)11-8-9(14(15,16)17)6-7-12(11)18/h6-8,10H,2-5,18H2,1H3,(H,19,20). The number of hydrogen-bond acceptors (Lipinski definition) is 2. The number of nitrogen functional groups attached to an aromatic ring is 1. The van der Waals surface area contributed by atoms with E-state index in [1.165, 1.54) is 0 Å². The molecule has 0 aliphatic heterocycles. The molecule has 112 valence electrons. The van der Waals surface area contributed by atoms with E-state index in [0.717, 1.165) is 31.0 Å². The van der Waals surface area contributed by atoms with E-state index in [1.807, 2.05) is 6.92 Å². The molecule has 6 heteroatoms. The molecule has 0 radical (unpaired) electrons. The molecule has 0 aromatic heterocycles. The fourth-order valence-corrected chi connectivity index (χ4v) is 2.06. The van der Waals surface area contributed by atoms with Gasteiger partial charge in [-0.3, -0.25) is 4.79 Å². The van der Waals surface area contributed by atoms with Gasteiger partial charge in [-0.2, -0.15) is 13.2 Å². The van der Waals surface area contributed by atoms with Crippen LogP contribution in [0.15, 0.2) is 18.2 Å². The molecule has 0 amide bonds. The first-order chi connectivity index (χ1) is 9.27. The number of nitrogens with two attached hydrogens (primary N) is 1. The number of carboxylic acids is 1. The van der Waals surface area contributed by atoms with Crippen LogP contribution in [-0.2, 0) is 11.0 Å². The Labute approximate surface area is 115 Å². The summed E-state index contributed by atoms with van der Waals surface area (Å²) in [6, 6.07) is 2.83. The van der Waals surface area contributed by atoms with E-state index in [1.54, 1.807) is 0 Å². The summed E-state index contributed by atoms with van der Waals surface area (Å²) in [5, 5.41) is 9.21. The number of benzene rings is 1. The van der Waals surface area contributed by atoms with E-state index >= 15 is 0 Å². The summed E-state index contributed by atoms with van der Waals surface area (Å²) in [6.07, 6.45) is -1.83. The van der Waals surface area contributed by atoms with Crippen LogP contribution in [0.4, 0.5) is 18.9 Å². The first kappa shape index (κ1) is 16.3. The molecule has 1 aromatic carbocycles. The van der Waals surface area contributed by atoms with Gasteiger partial charge in [0.25, 0.3) is 0 Å². The maximum atomic E-state index is 12.7. The van der Waals surface area contributed by atoms with E-state index in [0.29, 0.717) is 6.42 Å². The van der Waals surface area contributed by atoms with Gasteiger partial charge >= 0.3 is 12.1 Å². The molecular weight excluding hydrogens is 271 g/mol. The minimum Gasteiger partial charge on any atom is -0.481 e. The highest BCUT2D eigenvalue weighted by Crippen LogP contribution is 2.35. The lowest BCUT2D eigenvalue weighted by atomic mass is 9.90. The van der Waals surface area contributed by atoms with Gasteiger partial charge in [0.2, 0.25) is 0 Å². The highest BCUT2D eigenvalue weighted by molar-refractivity contribution is 5.78. The Morgan fingerprint density at radius 3 is 2.50 bits per heavy atom. The van der Waals surface area contributed by atoms with Gasteiger partial charge in [-0.15, -0.1) is 0 Å². The van der Waals surface area contributed by atoms with Gasteiger partial charge in [-0.25, -0.2) is 0 Å². The van der Waals surface area contributed by atoms with Crippen molar-refractivity contribution >= 4 is 11.7 Å². The summed E-state index contributed by atoms with van der Waals surface area (Å²) < 4.78 is 38.0. The number of carboxylic acid groups (broad SMARTS) is 1. The van der Waals surface area contributed by atoms with E-state index in [-0.39, 0.29) is 17.7 Å². The van der Waals surface area contributed by atoms with Gasteiger partial charge in [0.15, 0.2) is 0 Å². The average molecular weight is 289 g/mol. The number of anilines is 1. The average Bonchev–Trinajstić information content (AvgIpc) is 2.34. The zero-order valence-corrected chi connectivity index (χ0v) is 11.2. The summed E-state index contributed by atoms with van der Waals surface area (Å²) in [6.45, 7) is 1.97. The predicted molar refractivity (Wildman–Crippen MR) is 70.4 cm³/mol. The SMILES string of the molecule is CCCCCC(C(=O)O)c1cc(C(F)(F)F)ccc1N. The maximum Gasteiger partial charge on any atom is 0.416 e. The lowest BCUT2D eigenvalue weighted by molar-refractivity contribution is -0.140. The largest absolute Gasteiger partial charge is 0.481 e. The fourth-order valence-electron chi connectivity index (χ4n) is 2.06. The smallest absolute Gasteiger partial charge is 0.416 e. The van der Waals surface area contributed by atoms with Crippen LogP contribution in [0.2, 0.25) is 0 Å². The summed E-state index contributed by atoms with van der Waals surface area (Å²) in [5.41, 5.74) is 4.90. The second-order valence-electron chi connectivity index (χ2n) is 4.73. The van der Waals surface area contributed by atoms with Crippen LogP contribution in [0.3, 0.4) is 0 Å². The number of rotatable bonds is 6. The third-order valence-corrected chi connectivity index (χ3v) is 3.18. The molecule has 0 aliphatic carbocycles. The molecule has 0 heterocycles. The Hall–Kier alpha value is -1.72. The summed E-state index contributed by atoms with van der Waals surface area (Å²) >= 11 is 0. The van der Waals surface area contributed by atoms with Gasteiger partial charge in [0.1, 0.15) is 0 Å². The second-order valence-corrected chi connectivity index (χ2v) is 4.73. The number of alkyl halides is 3. The monoisotopic (exact) mass is 289 g/mol. The van der Waals surface area contributed by atoms with Crippen molar-refractivity contribution in [3.63, 3.8) is 0 Å². The number of aliphatic carboxylic acids is 1. The fraction of sp³-hybridized carbons (Fsp3) is 0.500. The minimum absolute atomic E-state index is 0.0448. The number of unbranched alkanes of at least 4 members (excludes halogenated alkanes) is 2. The quantitative estimate of drug-likeness (QED) is 0.613. The molecule has 1 rings (SSSR count). The van der Waals surface area contributed by atoms with Crippen LogP contribution in [0.1, 0.15) is 49.7 Å². The number of halogens is 3. The molecule has 0 aliphatic rings. The van der Waals surface area contributed by atoms with Crippen LogP contribution in [-0.4, -0.2) is 11.1 Å². The molecule has 0 spiro atoms. The first-order valence-corrected chi connectivity index (χ1v) is 6.46. The van der Waals surface area contributed by atoms with Crippen molar-refractivity contribution in [2.75, 3.05) is 5.73 Å². The third kappa shape index (κ3) is 4.15. The Bertz CT molecular complexity index is 472. The van der Waals surface area contributed by atoms with Gasteiger partial charge in [-0.1, -0.05) is 26.2 Å². The highest BCUT2D eigenvalue weighted by Gasteiger charge is 2.32. The van der Waals surface area contributed by atoms with Crippen molar-refractivity contribution in [1.29, 1.82) is 0 Å². The molecule has 1 atom stereocenters. The van der Waals surface area contributed by atoms with Gasteiger partial charge in [0, 0.05) is 5.69 Å². The molecule has 0 fully saturated rings. The second kappa shape index (κ2) is 6.63. The molecule has 0 bridgehead atoms. The van der Waals surface area contributed by atoms with E-state index in [4.69, 9.17) is 5.73 Å². The van der Waals surface area contributed by atoms with Crippen molar-refractivity contribution in [2.24, 2.45) is 0 Å². The number of hydrogen-bond donors (Lipinski definition) is 2. The molecule has 0 saturated heterocycles. The third-order valence-electron chi connectivity index (χ3n) is 3.18. The molecule has 1 aromatic rings. The lowest BCUT2D eigenvalue weighted by Gasteiger charge is -2.17. The zero-order valence-electron chi connectivity index (χ0n) is 11.2. The predicted octanol–water partition coefficient (Wildman–Crippen LogP) is 4.04. The molecular formula is C14H18F3NO2. The normalized spacial score (nSPS) is 13.2. The summed E-state index contributed by atoms with van der Waals surface area (Å²) in [5.74, 6) is -2.14. The van der Waals surface area contributed by atoms with E-state index < -0.39 is 23.6 Å². The molecule has 3 N–H and O–H groups in total. The van der Waals surface area contributed by atoms with Crippen molar-refractivity contribution in [3.05, 3.63) is 29.3 Å². The zero-order chi connectivity index (χ0) is 15.3. The summed E-state index contributed by atoms with van der Waals surface area (Å²) in [4.78, 5) is 11.3.